The fourth-order valence-electron chi connectivity index (χ4n) is 3.66. The summed E-state index contributed by atoms with van der Waals surface area (Å²) >= 11 is 0. The van der Waals surface area contributed by atoms with Gasteiger partial charge in [-0.15, -0.1) is 0 Å². The molecule has 126 valence electrons. The summed E-state index contributed by atoms with van der Waals surface area (Å²) in [6, 6.07) is 6.59. The molecule has 1 aromatic carbocycles. The van der Waals surface area contributed by atoms with E-state index in [1.807, 2.05) is 4.90 Å². The van der Waals surface area contributed by atoms with Gasteiger partial charge in [0.2, 0.25) is 0 Å². The van der Waals surface area contributed by atoms with Crippen LogP contribution in [-0.4, -0.2) is 51.2 Å². The quantitative estimate of drug-likeness (QED) is 0.909. The number of benzene rings is 1. The number of hydrogen-bond acceptors (Lipinski definition) is 4. The SMILES string of the molecule is CCS(=O)(=O)c1ccccc1C(=O)N1CC[C@@H]2CNC[C@@H]2CC1. The molecule has 0 radical (unpaired) electrons. The first kappa shape index (κ1) is 16.5. The van der Waals surface area contributed by atoms with Crippen LogP contribution in [0.4, 0.5) is 0 Å². The lowest BCUT2D eigenvalue weighted by atomic mass is 9.92. The summed E-state index contributed by atoms with van der Waals surface area (Å²) in [4.78, 5) is 14.9. The maximum Gasteiger partial charge on any atom is 0.255 e. The van der Waals surface area contributed by atoms with Crippen LogP contribution in [0.2, 0.25) is 0 Å². The Balaban J connectivity index is 1.84. The van der Waals surface area contributed by atoms with Gasteiger partial charge in [0.25, 0.3) is 5.91 Å². The van der Waals surface area contributed by atoms with E-state index in [4.69, 9.17) is 0 Å². The van der Waals surface area contributed by atoms with Crippen molar-refractivity contribution in [1.29, 1.82) is 0 Å². The molecule has 1 amide bonds. The van der Waals surface area contributed by atoms with E-state index in [0.717, 1.165) is 25.9 Å². The van der Waals surface area contributed by atoms with Crippen molar-refractivity contribution in [2.24, 2.45) is 11.8 Å². The molecule has 2 saturated heterocycles. The third-order valence-corrected chi connectivity index (χ3v) is 6.93. The van der Waals surface area contributed by atoms with Crippen molar-refractivity contribution >= 4 is 15.7 Å². The van der Waals surface area contributed by atoms with Gasteiger partial charge in [-0.25, -0.2) is 8.42 Å². The second kappa shape index (κ2) is 6.61. The molecular formula is C17H24N2O3S. The summed E-state index contributed by atoms with van der Waals surface area (Å²) < 4.78 is 24.5. The Morgan fingerprint density at radius 2 is 1.78 bits per heavy atom. The van der Waals surface area contributed by atoms with Crippen LogP contribution >= 0.6 is 0 Å². The van der Waals surface area contributed by atoms with Gasteiger partial charge in [0.15, 0.2) is 9.84 Å². The monoisotopic (exact) mass is 336 g/mol. The number of carbonyl (C=O) groups excluding carboxylic acids is 1. The Morgan fingerprint density at radius 3 is 2.39 bits per heavy atom. The van der Waals surface area contributed by atoms with Crippen molar-refractivity contribution in [2.45, 2.75) is 24.7 Å². The van der Waals surface area contributed by atoms with Crippen LogP contribution in [0.5, 0.6) is 0 Å². The molecule has 1 N–H and O–H groups in total. The van der Waals surface area contributed by atoms with Crippen LogP contribution in [0.3, 0.4) is 0 Å². The lowest BCUT2D eigenvalue weighted by Crippen LogP contribution is -2.33. The van der Waals surface area contributed by atoms with E-state index in [-0.39, 0.29) is 16.6 Å². The maximum atomic E-state index is 12.9. The van der Waals surface area contributed by atoms with Gasteiger partial charge in [0, 0.05) is 13.1 Å². The van der Waals surface area contributed by atoms with E-state index in [0.29, 0.717) is 30.5 Å². The molecule has 0 aromatic heterocycles. The minimum absolute atomic E-state index is 0.00705. The molecule has 0 unspecified atom stereocenters. The third kappa shape index (κ3) is 3.28. The second-order valence-electron chi connectivity index (χ2n) is 6.45. The number of carbonyl (C=O) groups is 1. The fourth-order valence-corrected chi connectivity index (χ4v) is 4.75. The fraction of sp³-hybridized carbons (Fsp3) is 0.588. The first-order valence-corrected chi connectivity index (χ1v) is 10.00. The molecule has 0 bridgehead atoms. The van der Waals surface area contributed by atoms with Crippen molar-refractivity contribution in [2.75, 3.05) is 31.9 Å². The van der Waals surface area contributed by atoms with Gasteiger partial charge in [-0.2, -0.15) is 0 Å². The highest BCUT2D eigenvalue weighted by Crippen LogP contribution is 2.28. The first-order chi connectivity index (χ1) is 11.0. The van der Waals surface area contributed by atoms with E-state index >= 15 is 0 Å². The molecule has 2 fully saturated rings. The maximum absolute atomic E-state index is 12.9. The molecule has 1 aromatic rings. The molecule has 2 aliphatic heterocycles. The zero-order valence-corrected chi connectivity index (χ0v) is 14.3. The number of hydrogen-bond donors (Lipinski definition) is 1. The molecule has 0 saturated carbocycles. The molecular weight excluding hydrogens is 312 g/mol. The van der Waals surface area contributed by atoms with Crippen molar-refractivity contribution in [3.8, 4) is 0 Å². The number of nitrogens with one attached hydrogen (secondary N) is 1. The zero-order valence-electron chi connectivity index (χ0n) is 13.5. The predicted octanol–water partition coefficient (Wildman–Crippen LogP) is 1.55. The summed E-state index contributed by atoms with van der Waals surface area (Å²) in [7, 11) is -3.39. The van der Waals surface area contributed by atoms with Crippen molar-refractivity contribution in [1.82, 2.24) is 10.2 Å². The van der Waals surface area contributed by atoms with Crippen LogP contribution in [0, 0.1) is 11.8 Å². The minimum Gasteiger partial charge on any atom is -0.339 e. The largest absolute Gasteiger partial charge is 0.339 e. The van der Waals surface area contributed by atoms with Gasteiger partial charge in [0.1, 0.15) is 0 Å². The van der Waals surface area contributed by atoms with Crippen molar-refractivity contribution in [3.05, 3.63) is 29.8 Å². The average molecular weight is 336 g/mol. The summed E-state index contributed by atoms with van der Waals surface area (Å²) in [6.45, 7) is 5.10. The summed E-state index contributed by atoms with van der Waals surface area (Å²) in [6.07, 6.45) is 1.98. The van der Waals surface area contributed by atoms with Crippen molar-refractivity contribution in [3.63, 3.8) is 0 Å². The predicted molar refractivity (Wildman–Crippen MR) is 89.2 cm³/mol. The first-order valence-electron chi connectivity index (χ1n) is 8.34. The Labute approximate surface area is 138 Å². The van der Waals surface area contributed by atoms with E-state index in [1.54, 1.807) is 31.2 Å². The summed E-state index contributed by atoms with van der Waals surface area (Å²) in [5.41, 5.74) is 0.319. The van der Waals surface area contributed by atoms with Crippen molar-refractivity contribution < 1.29 is 13.2 Å². The van der Waals surface area contributed by atoms with Crippen LogP contribution in [-0.2, 0) is 9.84 Å². The van der Waals surface area contributed by atoms with Gasteiger partial charge < -0.3 is 10.2 Å². The molecule has 0 spiro atoms. The zero-order chi connectivity index (χ0) is 16.4. The molecule has 23 heavy (non-hydrogen) atoms. The second-order valence-corrected chi connectivity index (χ2v) is 8.69. The molecule has 3 rings (SSSR count). The highest BCUT2D eigenvalue weighted by molar-refractivity contribution is 7.91. The van der Waals surface area contributed by atoms with Crippen LogP contribution in [0.1, 0.15) is 30.1 Å². The Bertz CT molecular complexity index is 673. The number of fused-ring (bicyclic) bond motifs is 1. The lowest BCUT2D eigenvalue weighted by Gasteiger charge is -2.22. The molecule has 2 heterocycles. The standard InChI is InChI=1S/C17H24N2O3S/c1-2-23(21,22)16-6-4-3-5-15(16)17(20)19-9-7-13-11-18-12-14(13)8-10-19/h3-6,13-14,18H,2,7-12H2,1H3/t13-,14+. The lowest BCUT2D eigenvalue weighted by molar-refractivity contribution is 0.0754. The van der Waals surface area contributed by atoms with Gasteiger partial charge >= 0.3 is 0 Å². The summed E-state index contributed by atoms with van der Waals surface area (Å²) in [5, 5.41) is 3.42. The molecule has 5 nitrogen and oxygen atoms in total. The topological polar surface area (TPSA) is 66.5 Å². The minimum atomic E-state index is -3.39. The van der Waals surface area contributed by atoms with Crippen LogP contribution < -0.4 is 5.32 Å². The highest BCUT2D eigenvalue weighted by atomic mass is 32.2. The number of likely N-dealkylation sites (tertiary alicyclic amines) is 1. The smallest absolute Gasteiger partial charge is 0.255 e. The Hall–Kier alpha value is -1.40. The Kier molecular flexibility index (Phi) is 4.73. The average Bonchev–Trinajstić information content (AvgIpc) is 2.93. The van der Waals surface area contributed by atoms with Gasteiger partial charge in [-0.3, -0.25) is 4.79 Å². The summed E-state index contributed by atoms with van der Waals surface area (Å²) in [5.74, 6) is 1.14. The van der Waals surface area contributed by atoms with Gasteiger partial charge in [-0.1, -0.05) is 19.1 Å². The van der Waals surface area contributed by atoms with Gasteiger partial charge in [-0.05, 0) is 49.9 Å². The molecule has 2 aliphatic rings. The number of rotatable bonds is 3. The number of amides is 1. The van der Waals surface area contributed by atoms with Crippen LogP contribution in [0.15, 0.2) is 29.2 Å². The highest BCUT2D eigenvalue weighted by Gasteiger charge is 2.32. The molecule has 0 aliphatic carbocycles. The molecule has 2 atom stereocenters. The number of nitrogens with zero attached hydrogens (tertiary/aromatic N) is 1. The van der Waals surface area contributed by atoms with Gasteiger partial charge in [0.05, 0.1) is 16.2 Å². The normalized spacial score (nSPS) is 25.0. The van der Waals surface area contributed by atoms with E-state index in [2.05, 4.69) is 5.32 Å². The van der Waals surface area contributed by atoms with E-state index < -0.39 is 9.84 Å². The third-order valence-electron chi connectivity index (χ3n) is 5.14. The van der Waals surface area contributed by atoms with Crippen LogP contribution in [0.25, 0.3) is 0 Å². The Morgan fingerprint density at radius 1 is 1.17 bits per heavy atom. The van der Waals surface area contributed by atoms with E-state index in [1.165, 1.54) is 0 Å². The van der Waals surface area contributed by atoms with E-state index in [9.17, 15) is 13.2 Å². The molecule has 6 heteroatoms. The number of sulfone groups is 1.